The molecule has 0 aliphatic carbocycles. The van der Waals surface area contributed by atoms with Crippen LogP contribution in [0.5, 0.6) is 0 Å². The number of nitrogens with one attached hydrogen (secondary N) is 1. The highest BCUT2D eigenvalue weighted by Crippen LogP contribution is 2.09. The molecule has 1 N–H and O–H groups in total. The molecular weight excluding hydrogens is 186 g/mol. The molecule has 15 heavy (non-hydrogen) atoms. The Morgan fingerprint density at radius 3 is 3.20 bits per heavy atom. The van der Waals surface area contributed by atoms with E-state index < -0.39 is 0 Å². The molecule has 3 nitrogen and oxygen atoms in total. The minimum absolute atomic E-state index is 0.693. The van der Waals surface area contributed by atoms with Crippen LogP contribution in [-0.4, -0.2) is 42.6 Å². The summed E-state index contributed by atoms with van der Waals surface area (Å²) in [7, 11) is 2.05. The minimum atomic E-state index is 0.693. The molecule has 1 aliphatic heterocycles. The van der Waals surface area contributed by atoms with Crippen molar-refractivity contribution in [2.75, 3.05) is 26.7 Å². The van der Waals surface area contributed by atoms with Crippen LogP contribution >= 0.6 is 0 Å². The molecule has 0 radical (unpaired) electrons. The maximum atomic E-state index is 4.13. The second kappa shape index (κ2) is 5.24. The van der Waals surface area contributed by atoms with Crippen LogP contribution in [0, 0.1) is 0 Å². The zero-order valence-electron chi connectivity index (χ0n) is 9.32. The van der Waals surface area contributed by atoms with Crippen molar-refractivity contribution >= 4 is 0 Å². The Bertz CT molecular complexity index is 286. The molecule has 0 spiro atoms. The molecule has 1 aliphatic rings. The first-order valence-corrected chi connectivity index (χ1v) is 5.67. The van der Waals surface area contributed by atoms with Crippen molar-refractivity contribution in [2.24, 2.45) is 0 Å². The zero-order chi connectivity index (χ0) is 10.5. The molecule has 2 heterocycles. The summed E-state index contributed by atoms with van der Waals surface area (Å²) < 4.78 is 0. The smallest absolute Gasteiger partial charge is 0.0300 e. The molecule has 1 saturated heterocycles. The van der Waals surface area contributed by atoms with Gasteiger partial charge in [0.2, 0.25) is 0 Å². The van der Waals surface area contributed by atoms with E-state index in [0.29, 0.717) is 6.04 Å². The third-order valence-corrected chi connectivity index (χ3v) is 3.12. The van der Waals surface area contributed by atoms with Gasteiger partial charge in [0.1, 0.15) is 0 Å². The maximum absolute atomic E-state index is 4.13. The summed E-state index contributed by atoms with van der Waals surface area (Å²) >= 11 is 0. The SMILES string of the molecule is CNC1CCN(CCc2cccnc2)C1. The first-order chi connectivity index (χ1) is 7.38. The van der Waals surface area contributed by atoms with Crippen LogP contribution in [-0.2, 0) is 6.42 Å². The number of likely N-dealkylation sites (N-methyl/N-ethyl adjacent to an activating group) is 1. The van der Waals surface area contributed by atoms with E-state index in [-0.39, 0.29) is 0 Å². The number of rotatable bonds is 4. The average Bonchev–Trinajstić information content (AvgIpc) is 2.76. The summed E-state index contributed by atoms with van der Waals surface area (Å²) in [5.41, 5.74) is 1.34. The average molecular weight is 205 g/mol. The lowest BCUT2D eigenvalue weighted by atomic mass is 10.2. The molecule has 0 aromatic carbocycles. The number of hydrogen-bond acceptors (Lipinski definition) is 3. The molecule has 1 unspecified atom stereocenters. The standard InChI is InChI=1S/C12H19N3/c1-13-12-5-8-15(10-12)7-4-11-3-2-6-14-9-11/h2-3,6,9,12-13H,4-5,7-8,10H2,1H3. The Hall–Kier alpha value is -0.930. The van der Waals surface area contributed by atoms with Crippen LogP contribution in [0.4, 0.5) is 0 Å². The van der Waals surface area contributed by atoms with Gasteiger partial charge < -0.3 is 10.2 Å². The molecule has 1 aromatic rings. The first-order valence-electron chi connectivity index (χ1n) is 5.67. The van der Waals surface area contributed by atoms with E-state index in [0.717, 1.165) is 13.0 Å². The molecule has 82 valence electrons. The summed E-state index contributed by atoms with van der Waals surface area (Å²) in [6, 6.07) is 4.85. The van der Waals surface area contributed by atoms with Crippen LogP contribution in [0.15, 0.2) is 24.5 Å². The maximum Gasteiger partial charge on any atom is 0.0300 e. The molecule has 0 bridgehead atoms. The van der Waals surface area contributed by atoms with Gasteiger partial charge in [-0.25, -0.2) is 0 Å². The number of aromatic nitrogens is 1. The van der Waals surface area contributed by atoms with E-state index in [1.807, 2.05) is 18.5 Å². The Morgan fingerprint density at radius 1 is 1.60 bits per heavy atom. The van der Waals surface area contributed by atoms with Gasteiger partial charge in [0.15, 0.2) is 0 Å². The molecular formula is C12H19N3. The summed E-state index contributed by atoms with van der Waals surface area (Å²) in [5.74, 6) is 0. The van der Waals surface area contributed by atoms with Gasteiger partial charge in [0.25, 0.3) is 0 Å². The van der Waals surface area contributed by atoms with Crippen LogP contribution in [0.25, 0.3) is 0 Å². The third-order valence-electron chi connectivity index (χ3n) is 3.12. The van der Waals surface area contributed by atoms with Crippen molar-refractivity contribution in [2.45, 2.75) is 18.9 Å². The van der Waals surface area contributed by atoms with Crippen molar-refractivity contribution in [3.05, 3.63) is 30.1 Å². The first kappa shape index (κ1) is 10.6. The van der Waals surface area contributed by atoms with E-state index in [9.17, 15) is 0 Å². The van der Waals surface area contributed by atoms with E-state index >= 15 is 0 Å². The van der Waals surface area contributed by atoms with Crippen molar-refractivity contribution in [3.8, 4) is 0 Å². The largest absolute Gasteiger partial charge is 0.316 e. The summed E-state index contributed by atoms with van der Waals surface area (Å²) in [6.45, 7) is 3.58. The molecule has 0 amide bonds. The Balaban J connectivity index is 1.75. The van der Waals surface area contributed by atoms with Crippen LogP contribution in [0.2, 0.25) is 0 Å². The predicted molar refractivity (Wildman–Crippen MR) is 61.8 cm³/mol. The van der Waals surface area contributed by atoms with Crippen LogP contribution in [0.3, 0.4) is 0 Å². The molecule has 0 saturated carbocycles. The van der Waals surface area contributed by atoms with E-state index in [1.54, 1.807) is 0 Å². The van der Waals surface area contributed by atoms with Gasteiger partial charge in [-0.05, 0) is 38.1 Å². The van der Waals surface area contributed by atoms with Crippen molar-refractivity contribution in [1.29, 1.82) is 0 Å². The highest BCUT2D eigenvalue weighted by molar-refractivity contribution is 5.08. The van der Waals surface area contributed by atoms with Gasteiger partial charge >= 0.3 is 0 Å². The monoisotopic (exact) mass is 205 g/mol. The Morgan fingerprint density at radius 2 is 2.53 bits per heavy atom. The second-order valence-corrected chi connectivity index (χ2v) is 4.19. The van der Waals surface area contributed by atoms with Crippen LogP contribution < -0.4 is 5.32 Å². The number of likely N-dealkylation sites (tertiary alicyclic amines) is 1. The third kappa shape index (κ3) is 3.01. The van der Waals surface area contributed by atoms with Crippen molar-refractivity contribution in [3.63, 3.8) is 0 Å². The summed E-state index contributed by atoms with van der Waals surface area (Å²) in [4.78, 5) is 6.65. The molecule has 1 aromatic heterocycles. The zero-order valence-corrected chi connectivity index (χ0v) is 9.32. The van der Waals surface area contributed by atoms with Crippen LogP contribution in [0.1, 0.15) is 12.0 Å². The van der Waals surface area contributed by atoms with Gasteiger partial charge in [0, 0.05) is 31.5 Å². The summed E-state index contributed by atoms with van der Waals surface area (Å²) in [6.07, 6.45) is 6.19. The Labute approximate surface area is 91.5 Å². The summed E-state index contributed by atoms with van der Waals surface area (Å²) in [5, 5.41) is 3.34. The fourth-order valence-electron chi connectivity index (χ4n) is 2.10. The highest BCUT2D eigenvalue weighted by Gasteiger charge is 2.19. The number of nitrogens with zero attached hydrogens (tertiary/aromatic N) is 2. The topological polar surface area (TPSA) is 28.2 Å². The normalized spacial score (nSPS) is 22.1. The Kier molecular flexibility index (Phi) is 3.69. The van der Waals surface area contributed by atoms with Crippen molar-refractivity contribution in [1.82, 2.24) is 15.2 Å². The molecule has 1 atom stereocenters. The number of pyridine rings is 1. The molecule has 3 heteroatoms. The predicted octanol–water partition coefficient (Wildman–Crippen LogP) is 0.918. The number of hydrogen-bond donors (Lipinski definition) is 1. The fraction of sp³-hybridized carbons (Fsp3) is 0.583. The van der Waals surface area contributed by atoms with Crippen molar-refractivity contribution < 1.29 is 0 Å². The van der Waals surface area contributed by atoms with Gasteiger partial charge in [-0.2, -0.15) is 0 Å². The van der Waals surface area contributed by atoms with Gasteiger partial charge in [-0.1, -0.05) is 6.07 Å². The minimum Gasteiger partial charge on any atom is -0.316 e. The molecule has 1 fully saturated rings. The second-order valence-electron chi connectivity index (χ2n) is 4.19. The lowest BCUT2D eigenvalue weighted by Gasteiger charge is -2.15. The van der Waals surface area contributed by atoms with E-state index in [2.05, 4.69) is 28.3 Å². The lowest BCUT2D eigenvalue weighted by Crippen LogP contribution is -2.30. The van der Waals surface area contributed by atoms with E-state index in [1.165, 1.54) is 25.1 Å². The highest BCUT2D eigenvalue weighted by atomic mass is 15.2. The van der Waals surface area contributed by atoms with Gasteiger partial charge in [0.05, 0.1) is 0 Å². The van der Waals surface area contributed by atoms with E-state index in [4.69, 9.17) is 0 Å². The lowest BCUT2D eigenvalue weighted by molar-refractivity contribution is 0.334. The fourth-order valence-corrected chi connectivity index (χ4v) is 2.10. The molecule has 2 rings (SSSR count). The quantitative estimate of drug-likeness (QED) is 0.792. The van der Waals surface area contributed by atoms with Gasteiger partial charge in [-0.3, -0.25) is 4.98 Å². The van der Waals surface area contributed by atoms with Gasteiger partial charge in [-0.15, -0.1) is 0 Å².